The summed E-state index contributed by atoms with van der Waals surface area (Å²) in [6.45, 7) is 4.75. The first-order valence-corrected chi connectivity index (χ1v) is 8.92. The Hall–Kier alpha value is -2.62. The van der Waals surface area contributed by atoms with Gasteiger partial charge in [-0.1, -0.05) is 38.1 Å². The average Bonchev–Trinajstić information content (AvgIpc) is 3.03. The first-order chi connectivity index (χ1) is 12.1. The van der Waals surface area contributed by atoms with Crippen LogP contribution in [0.15, 0.2) is 48.5 Å². The molecule has 4 nitrogen and oxygen atoms in total. The summed E-state index contributed by atoms with van der Waals surface area (Å²) in [5, 5.41) is 2.89. The molecule has 0 spiro atoms. The molecule has 2 amide bonds. The molecule has 2 aromatic rings. The highest BCUT2D eigenvalue weighted by Crippen LogP contribution is 2.26. The van der Waals surface area contributed by atoms with Gasteiger partial charge in [0.2, 0.25) is 11.8 Å². The second-order valence-electron chi connectivity index (χ2n) is 6.39. The maximum Gasteiger partial charge on any atom is 0.239 e. The number of hydrogen-bond acceptors (Lipinski definition) is 2. The lowest BCUT2D eigenvalue weighted by molar-refractivity contribution is -0.129. The third kappa shape index (κ3) is 3.73. The fourth-order valence-corrected chi connectivity index (χ4v) is 3.19. The van der Waals surface area contributed by atoms with Crippen molar-refractivity contribution in [2.75, 3.05) is 16.8 Å². The minimum absolute atomic E-state index is 0.117. The zero-order valence-corrected chi connectivity index (χ0v) is 14.8. The Morgan fingerprint density at radius 3 is 2.48 bits per heavy atom. The van der Waals surface area contributed by atoms with Gasteiger partial charge in [0, 0.05) is 17.9 Å². The fraction of sp³-hybridized carbons (Fsp3) is 0.333. The van der Waals surface area contributed by atoms with E-state index in [0.29, 0.717) is 13.0 Å². The maximum atomic E-state index is 12.7. The van der Waals surface area contributed by atoms with Gasteiger partial charge >= 0.3 is 0 Å². The summed E-state index contributed by atoms with van der Waals surface area (Å²) in [5.41, 5.74) is 4.02. The van der Waals surface area contributed by atoms with Crippen LogP contribution in [0.2, 0.25) is 0 Å². The zero-order chi connectivity index (χ0) is 17.8. The SMILES string of the molecule is CCc1ccc(N2CCC(C(=O)Nc3cccc(CC)c3)C2=O)cc1. The van der Waals surface area contributed by atoms with Crippen molar-refractivity contribution < 1.29 is 9.59 Å². The molecule has 2 aromatic carbocycles. The van der Waals surface area contributed by atoms with Gasteiger partial charge in [0.05, 0.1) is 0 Å². The van der Waals surface area contributed by atoms with Gasteiger partial charge in [-0.3, -0.25) is 9.59 Å². The van der Waals surface area contributed by atoms with Crippen LogP contribution in [0.1, 0.15) is 31.4 Å². The van der Waals surface area contributed by atoms with Crippen LogP contribution in [-0.2, 0) is 22.4 Å². The Balaban J connectivity index is 1.69. The number of hydrogen-bond donors (Lipinski definition) is 1. The largest absolute Gasteiger partial charge is 0.325 e. The van der Waals surface area contributed by atoms with E-state index in [0.717, 1.165) is 29.8 Å². The van der Waals surface area contributed by atoms with Gasteiger partial charge in [0.1, 0.15) is 5.92 Å². The summed E-state index contributed by atoms with van der Waals surface area (Å²) < 4.78 is 0. The first-order valence-electron chi connectivity index (χ1n) is 8.92. The Labute approximate surface area is 148 Å². The fourth-order valence-electron chi connectivity index (χ4n) is 3.19. The molecular weight excluding hydrogens is 312 g/mol. The number of rotatable bonds is 5. The van der Waals surface area contributed by atoms with Gasteiger partial charge in [-0.2, -0.15) is 0 Å². The summed E-state index contributed by atoms with van der Waals surface area (Å²) in [7, 11) is 0. The summed E-state index contributed by atoms with van der Waals surface area (Å²) in [5.74, 6) is -0.949. The highest BCUT2D eigenvalue weighted by Gasteiger charge is 2.37. The molecule has 0 radical (unpaired) electrons. The van der Waals surface area contributed by atoms with E-state index >= 15 is 0 Å². The smallest absolute Gasteiger partial charge is 0.239 e. The molecule has 130 valence electrons. The molecule has 3 rings (SSSR count). The van der Waals surface area contributed by atoms with Crippen LogP contribution >= 0.6 is 0 Å². The van der Waals surface area contributed by atoms with Crippen LogP contribution in [0.4, 0.5) is 11.4 Å². The molecule has 1 heterocycles. The molecule has 25 heavy (non-hydrogen) atoms. The lowest BCUT2D eigenvalue weighted by Crippen LogP contribution is -2.33. The number of amides is 2. The minimum atomic E-state index is -0.615. The molecule has 0 aliphatic carbocycles. The number of anilines is 2. The topological polar surface area (TPSA) is 49.4 Å². The van der Waals surface area contributed by atoms with E-state index in [4.69, 9.17) is 0 Å². The van der Waals surface area contributed by atoms with Crippen LogP contribution in [0.5, 0.6) is 0 Å². The van der Waals surface area contributed by atoms with E-state index in [2.05, 4.69) is 19.2 Å². The molecule has 4 heteroatoms. The Morgan fingerprint density at radius 2 is 1.80 bits per heavy atom. The van der Waals surface area contributed by atoms with Crippen molar-refractivity contribution in [1.29, 1.82) is 0 Å². The molecule has 1 unspecified atom stereocenters. The summed E-state index contributed by atoms with van der Waals surface area (Å²) in [6, 6.07) is 15.8. The quantitative estimate of drug-likeness (QED) is 0.844. The average molecular weight is 336 g/mol. The zero-order valence-electron chi connectivity index (χ0n) is 14.8. The number of nitrogens with zero attached hydrogens (tertiary/aromatic N) is 1. The molecular formula is C21H24N2O2. The van der Waals surface area contributed by atoms with E-state index in [1.165, 1.54) is 5.56 Å². The highest BCUT2D eigenvalue weighted by atomic mass is 16.2. The van der Waals surface area contributed by atoms with E-state index in [1.807, 2.05) is 48.5 Å². The monoisotopic (exact) mass is 336 g/mol. The summed E-state index contributed by atoms with van der Waals surface area (Å²) >= 11 is 0. The second kappa shape index (κ2) is 7.51. The predicted molar refractivity (Wildman–Crippen MR) is 101 cm³/mol. The van der Waals surface area contributed by atoms with Crippen molar-refractivity contribution in [1.82, 2.24) is 0 Å². The number of nitrogens with one attached hydrogen (secondary N) is 1. The number of carbonyl (C=O) groups excluding carboxylic acids is 2. The summed E-state index contributed by atoms with van der Waals surface area (Å²) in [4.78, 5) is 26.9. The lowest BCUT2D eigenvalue weighted by atomic mass is 10.1. The van der Waals surface area contributed by atoms with Crippen molar-refractivity contribution in [3.05, 3.63) is 59.7 Å². The van der Waals surface area contributed by atoms with Crippen molar-refractivity contribution in [2.24, 2.45) is 5.92 Å². The third-order valence-electron chi connectivity index (χ3n) is 4.78. The first kappa shape index (κ1) is 17.2. The van der Waals surface area contributed by atoms with Gasteiger partial charge in [0.25, 0.3) is 0 Å². The highest BCUT2D eigenvalue weighted by molar-refractivity contribution is 6.13. The van der Waals surface area contributed by atoms with E-state index in [-0.39, 0.29) is 11.8 Å². The number of aryl methyl sites for hydroxylation is 2. The Bertz CT molecular complexity index is 768. The van der Waals surface area contributed by atoms with Gasteiger partial charge in [-0.15, -0.1) is 0 Å². The normalized spacial score (nSPS) is 17.0. The molecule has 1 atom stereocenters. The van der Waals surface area contributed by atoms with Gasteiger partial charge < -0.3 is 10.2 Å². The van der Waals surface area contributed by atoms with Crippen molar-refractivity contribution in [3.8, 4) is 0 Å². The van der Waals surface area contributed by atoms with Crippen LogP contribution in [-0.4, -0.2) is 18.4 Å². The van der Waals surface area contributed by atoms with E-state index < -0.39 is 5.92 Å². The molecule has 0 bridgehead atoms. The van der Waals surface area contributed by atoms with E-state index in [1.54, 1.807) is 4.90 Å². The van der Waals surface area contributed by atoms with Crippen molar-refractivity contribution >= 4 is 23.2 Å². The van der Waals surface area contributed by atoms with Crippen molar-refractivity contribution in [3.63, 3.8) is 0 Å². The predicted octanol–water partition coefficient (Wildman–Crippen LogP) is 3.80. The van der Waals surface area contributed by atoms with Crippen LogP contribution in [0.3, 0.4) is 0 Å². The Morgan fingerprint density at radius 1 is 1.08 bits per heavy atom. The second-order valence-corrected chi connectivity index (χ2v) is 6.39. The summed E-state index contributed by atoms with van der Waals surface area (Å²) in [6.07, 6.45) is 2.43. The maximum absolute atomic E-state index is 12.7. The third-order valence-corrected chi connectivity index (χ3v) is 4.78. The standard InChI is InChI=1S/C21H24N2O2/c1-3-15-8-10-18(11-9-15)23-13-12-19(21(23)25)20(24)22-17-7-5-6-16(4-2)14-17/h5-11,14,19H,3-4,12-13H2,1-2H3,(H,22,24). The van der Waals surface area contributed by atoms with Crippen LogP contribution in [0.25, 0.3) is 0 Å². The van der Waals surface area contributed by atoms with Crippen molar-refractivity contribution in [2.45, 2.75) is 33.1 Å². The minimum Gasteiger partial charge on any atom is -0.325 e. The molecule has 0 aromatic heterocycles. The Kier molecular flexibility index (Phi) is 5.17. The molecule has 0 saturated carbocycles. The van der Waals surface area contributed by atoms with E-state index in [9.17, 15) is 9.59 Å². The van der Waals surface area contributed by atoms with Gasteiger partial charge in [-0.25, -0.2) is 0 Å². The molecule has 1 fully saturated rings. The molecule has 1 aliphatic rings. The lowest BCUT2D eigenvalue weighted by Gasteiger charge is -2.17. The number of carbonyl (C=O) groups is 2. The van der Waals surface area contributed by atoms with Gasteiger partial charge in [-0.05, 0) is 54.7 Å². The molecule has 1 N–H and O–H groups in total. The molecule has 1 saturated heterocycles. The van der Waals surface area contributed by atoms with Gasteiger partial charge in [0.15, 0.2) is 0 Å². The molecule has 1 aliphatic heterocycles. The van der Waals surface area contributed by atoms with Crippen LogP contribution < -0.4 is 10.2 Å². The van der Waals surface area contributed by atoms with Crippen LogP contribution in [0, 0.1) is 5.92 Å². The number of benzene rings is 2.